The molecule has 1 aromatic heterocycles. The zero-order valence-corrected chi connectivity index (χ0v) is 11.4. The Morgan fingerprint density at radius 1 is 0.950 bits per heavy atom. The van der Waals surface area contributed by atoms with E-state index in [0.29, 0.717) is 10.9 Å². The molecular formula is C17H10NOS. The molecule has 4 aromatic rings. The first kappa shape index (κ1) is 11.4. The quantitative estimate of drug-likeness (QED) is 0.478. The van der Waals surface area contributed by atoms with Crippen molar-refractivity contribution in [1.82, 2.24) is 4.98 Å². The van der Waals surface area contributed by atoms with Gasteiger partial charge >= 0.3 is 0 Å². The van der Waals surface area contributed by atoms with Gasteiger partial charge in [0.15, 0.2) is 0 Å². The summed E-state index contributed by atoms with van der Waals surface area (Å²) in [5.74, 6) is 0.697. The molecule has 1 heterocycles. The Kier molecular flexibility index (Phi) is 2.64. The third-order valence-electron chi connectivity index (χ3n) is 3.20. The molecule has 0 aliphatic rings. The number of nitrogens with zero attached hydrogens (tertiary/aromatic N) is 1. The highest BCUT2D eigenvalue weighted by molar-refractivity contribution is 7.11. The first-order chi connectivity index (χ1) is 9.88. The predicted octanol–water partition coefficient (Wildman–Crippen LogP) is 5.04. The molecule has 3 heteroatoms. The van der Waals surface area contributed by atoms with Crippen LogP contribution in [0.3, 0.4) is 0 Å². The van der Waals surface area contributed by atoms with Crippen LogP contribution in [0, 0.1) is 6.07 Å². The molecule has 0 saturated heterocycles. The van der Waals surface area contributed by atoms with Crippen molar-refractivity contribution in [2.75, 3.05) is 0 Å². The van der Waals surface area contributed by atoms with E-state index in [2.05, 4.69) is 47.4 Å². The first-order valence-corrected chi connectivity index (χ1v) is 7.19. The van der Waals surface area contributed by atoms with E-state index in [-0.39, 0.29) is 0 Å². The van der Waals surface area contributed by atoms with Gasteiger partial charge < -0.3 is 4.74 Å². The van der Waals surface area contributed by atoms with Crippen LogP contribution < -0.4 is 4.74 Å². The van der Waals surface area contributed by atoms with E-state index in [1.807, 2.05) is 17.5 Å². The maximum absolute atomic E-state index is 5.69. The van der Waals surface area contributed by atoms with Gasteiger partial charge in [0.1, 0.15) is 5.75 Å². The molecule has 1 radical (unpaired) electrons. The van der Waals surface area contributed by atoms with Gasteiger partial charge in [-0.15, -0.1) is 0 Å². The van der Waals surface area contributed by atoms with Crippen LogP contribution in [0.15, 0.2) is 60.1 Å². The van der Waals surface area contributed by atoms with Crippen molar-refractivity contribution < 1.29 is 4.74 Å². The number of hydrogen-bond donors (Lipinski definition) is 0. The molecule has 0 spiro atoms. The molecule has 0 atom stereocenters. The monoisotopic (exact) mass is 276 g/mol. The topological polar surface area (TPSA) is 22.1 Å². The Morgan fingerprint density at radius 3 is 2.60 bits per heavy atom. The maximum atomic E-state index is 5.69. The zero-order valence-electron chi connectivity index (χ0n) is 10.5. The molecule has 0 N–H and O–H groups in total. The minimum absolute atomic E-state index is 0.640. The summed E-state index contributed by atoms with van der Waals surface area (Å²) in [6.07, 6.45) is 1.73. The number of fused-ring (bicyclic) bond motifs is 2. The molecule has 95 valence electrons. The summed E-state index contributed by atoms with van der Waals surface area (Å²) in [6, 6.07) is 19.9. The van der Waals surface area contributed by atoms with Gasteiger partial charge in [-0.05, 0) is 39.7 Å². The fourth-order valence-corrected chi connectivity index (χ4v) is 2.76. The third kappa shape index (κ3) is 2.02. The fourth-order valence-electron chi connectivity index (χ4n) is 2.26. The Labute approximate surface area is 120 Å². The highest BCUT2D eigenvalue weighted by Crippen LogP contribution is 2.28. The molecule has 0 unspecified atom stereocenters. The number of aromatic nitrogens is 1. The predicted molar refractivity (Wildman–Crippen MR) is 82.5 cm³/mol. The van der Waals surface area contributed by atoms with E-state index in [9.17, 15) is 0 Å². The lowest BCUT2D eigenvalue weighted by Gasteiger charge is -2.05. The molecule has 0 fully saturated rings. The number of rotatable bonds is 2. The Morgan fingerprint density at radius 2 is 1.80 bits per heavy atom. The lowest BCUT2D eigenvalue weighted by molar-refractivity contribution is 0.478. The van der Waals surface area contributed by atoms with Gasteiger partial charge in [-0.2, -0.15) is 0 Å². The Bertz CT molecular complexity index is 884. The van der Waals surface area contributed by atoms with Gasteiger partial charge in [-0.3, -0.25) is 0 Å². The molecule has 0 aliphatic heterocycles. The van der Waals surface area contributed by atoms with Crippen molar-refractivity contribution in [1.29, 1.82) is 0 Å². The zero-order chi connectivity index (χ0) is 13.4. The Balaban J connectivity index is 1.83. The van der Waals surface area contributed by atoms with Crippen molar-refractivity contribution in [2.24, 2.45) is 0 Å². The van der Waals surface area contributed by atoms with Crippen molar-refractivity contribution in [3.63, 3.8) is 0 Å². The lowest BCUT2D eigenvalue weighted by Crippen LogP contribution is -1.84. The number of hydrogen-bond acceptors (Lipinski definition) is 3. The Hall–Kier alpha value is -2.39. The van der Waals surface area contributed by atoms with Crippen LogP contribution in [0.25, 0.3) is 21.5 Å². The minimum Gasteiger partial charge on any atom is -0.430 e. The molecule has 0 aliphatic carbocycles. The van der Waals surface area contributed by atoms with E-state index in [1.54, 1.807) is 6.20 Å². The van der Waals surface area contributed by atoms with Gasteiger partial charge in [-0.25, -0.2) is 4.98 Å². The smallest absolute Gasteiger partial charge is 0.278 e. The highest BCUT2D eigenvalue weighted by atomic mass is 32.1. The summed E-state index contributed by atoms with van der Waals surface area (Å²) < 4.78 is 5.69. The van der Waals surface area contributed by atoms with E-state index in [1.165, 1.54) is 22.1 Å². The van der Waals surface area contributed by atoms with E-state index in [0.717, 1.165) is 10.8 Å². The van der Waals surface area contributed by atoms with Crippen molar-refractivity contribution >= 4 is 32.9 Å². The molecule has 0 saturated carbocycles. The standard InChI is InChI=1S/C17H10NOS/c1-2-4-13-10-15-11-16(19-17-18-7-8-20-17)6-5-14(15)9-12(13)3-1/h1-10H. The van der Waals surface area contributed by atoms with Crippen molar-refractivity contribution in [3.05, 3.63) is 66.2 Å². The molecule has 0 bridgehead atoms. The first-order valence-electron chi connectivity index (χ1n) is 6.31. The van der Waals surface area contributed by atoms with Crippen LogP contribution in [0.2, 0.25) is 0 Å². The number of benzene rings is 3. The summed E-state index contributed by atoms with van der Waals surface area (Å²) in [6.45, 7) is 0. The van der Waals surface area contributed by atoms with Gasteiger partial charge in [0.2, 0.25) is 0 Å². The van der Waals surface area contributed by atoms with Crippen LogP contribution >= 0.6 is 11.3 Å². The van der Waals surface area contributed by atoms with E-state index < -0.39 is 0 Å². The molecule has 3 aromatic carbocycles. The maximum Gasteiger partial charge on any atom is 0.278 e. The minimum atomic E-state index is 0.640. The van der Waals surface area contributed by atoms with Crippen LogP contribution in [0.5, 0.6) is 10.9 Å². The number of thiazole rings is 1. The largest absolute Gasteiger partial charge is 0.430 e. The van der Waals surface area contributed by atoms with Crippen LogP contribution in [-0.2, 0) is 0 Å². The molecule has 2 nitrogen and oxygen atoms in total. The summed E-state index contributed by atoms with van der Waals surface area (Å²) >= 11 is 1.47. The second kappa shape index (κ2) is 4.62. The normalized spacial score (nSPS) is 11.0. The van der Waals surface area contributed by atoms with Crippen molar-refractivity contribution in [3.8, 4) is 10.9 Å². The van der Waals surface area contributed by atoms with Crippen LogP contribution in [-0.4, -0.2) is 4.98 Å². The third-order valence-corrected chi connectivity index (χ3v) is 3.85. The second-order valence-electron chi connectivity index (χ2n) is 4.51. The average Bonchev–Trinajstić information content (AvgIpc) is 2.98. The van der Waals surface area contributed by atoms with Crippen LogP contribution in [0.4, 0.5) is 0 Å². The van der Waals surface area contributed by atoms with Gasteiger partial charge in [0.25, 0.3) is 5.19 Å². The van der Waals surface area contributed by atoms with Gasteiger partial charge in [-0.1, -0.05) is 41.7 Å². The number of ether oxygens (including phenoxy) is 1. The summed E-state index contributed by atoms with van der Waals surface area (Å²) in [4.78, 5) is 4.12. The highest BCUT2D eigenvalue weighted by Gasteiger charge is 2.03. The molecule has 0 amide bonds. The molecule has 20 heavy (non-hydrogen) atoms. The van der Waals surface area contributed by atoms with Gasteiger partial charge in [0, 0.05) is 17.6 Å². The molecular weight excluding hydrogens is 266 g/mol. The summed E-state index contributed by atoms with van der Waals surface area (Å²) in [5.41, 5.74) is 0. The SMILES string of the molecule is [c]1c(Oc2nccs2)ccc2cc3ccccc3cc12. The van der Waals surface area contributed by atoms with Crippen molar-refractivity contribution in [2.45, 2.75) is 0 Å². The van der Waals surface area contributed by atoms with E-state index in [4.69, 9.17) is 4.74 Å². The summed E-state index contributed by atoms with van der Waals surface area (Å²) in [5, 5.41) is 7.20. The summed E-state index contributed by atoms with van der Waals surface area (Å²) in [7, 11) is 0. The molecule has 4 rings (SSSR count). The van der Waals surface area contributed by atoms with Crippen LogP contribution in [0.1, 0.15) is 0 Å². The average molecular weight is 276 g/mol. The lowest BCUT2D eigenvalue weighted by atomic mass is 10.0. The fraction of sp³-hybridized carbons (Fsp3) is 0. The van der Waals surface area contributed by atoms with Gasteiger partial charge in [0.05, 0.1) is 0 Å². The van der Waals surface area contributed by atoms with E-state index >= 15 is 0 Å². The second-order valence-corrected chi connectivity index (χ2v) is 5.37.